The van der Waals surface area contributed by atoms with Crippen LogP contribution in [0.2, 0.25) is 0 Å². The molecule has 0 aromatic heterocycles. The van der Waals surface area contributed by atoms with Crippen LogP contribution in [0.15, 0.2) is 24.3 Å². The minimum atomic E-state index is -0.556. The summed E-state index contributed by atoms with van der Waals surface area (Å²) >= 11 is -0.556. The molecule has 0 fully saturated rings. The van der Waals surface area contributed by atoms with Gasteiger partial charge in [0.1, 0.15) is 0 Å². The van der Waals surface area contributed by atoms with Gasteiger partial charge >= 0.3 is 35.6 Å². The molecule has 0 N–H and O–H groups in total. The van der Waals surface area contributed by atoms with Crippen molar-refractivity contribution in [1.82, 2.24) is 0 Å². The SMILES string of the molecule is CC1=CCc2cccc(C)c21.[Cl][Ti][Cl]. The molecule has 0 unspecified atom stereocenters. The van der Waals surface area contributed by atoms with Crippen molar-refractivity contribution in [3.63, 3.8) is 0 Å². The molecule has 1 aliphatic carbocycles. The van der Waals surface area contributed by atoms with Crippen LogP contribution in [0.3, 0.4) is 0 Å². The molecule has 0 saturated carbocycles. The van der Waals surface area contributed by atoms with Crippen molar-refractivity contribution in [2.75, 3.05) is 0 Å². The van der Waals surface area contributed by atoms with E-state index in [0.717, 1.165) is 6.42 Å². The number of aryl methyl sites for hydroxylation is 1. The number of halogens is 2. The van der Waals surface area contributed by atoms with Crippen LogP contribution in [0.1, 0.15) is 23.6 Å². The van der Waals surface area contributed by atoms with Gasteiger partial charge in [-0.05, 0) is 42.5 Å². The summed E-state index contributed by atoms with van der Waals surface area (Å²) < 4.78 is 0. The van der Waals surface area contributed by atoms with Crippen LogP contribution in [0.25, 0.3) is 5.57 Å². The van der Waals surface area contributed by atoms with Crippen LogP contribution < -0.4 is 0 Å². The molecule has 1 aromatic rings. The van der Waals surface area contributed by atoms with E-state index in [-0.39, 0.29) is 0 Å². The molecule has 1 aromatic carbocycles. The number of hydrogen-bond acceptors (Lipinski definition) is 0. The molecular weight excluding hydrogens is 251 g/mol. The summed E-state index contributed by atoms with van der Waals surface area (Å²) in [5, 5.41) is 0. The van der Waals surface area contributed by atoms with Crippen LogP contribution in [-0.2, 0) is 23.5 Å². The Morgan fingerprint density at radius 1 is 1.21 bits per heavy atom. The first-order chi connectivity index (χ1) is 6.70. The average molecular weight is 263 g/mol. The second-order valence-corrected chi connectivity index (χ2v) is 5.85. The fourth-order valence-electron chi connectivity index (χ4n) is 1.83. The molecule has 74 valence electrons. The maximum absolute atomic E-state index is 4.89. The molecule has 0 bridgehead atoms. The van der Waals surface area contributed by atoms with E-state index in [0.29, 0.717) is 0 Å². The number of fused-ring (bicyclic) bond motifs is 1. The predicted octanol–water partition coefficient (Wildman–Crippen LogP) is 4.33. The molecule has 0 amide bonds. The summed E-state index contributed by atoms with van der Waals surface area (Å²) in [7, 11) is 9.78. The molecular formula is C11H12Cl2Ti. The first kappa shape index (κ1) is 12.3. The average Bonchev–Trinajstić information content (AvgIpc) is 2.51. The third-order valence-corrected chi connectivity index (χ3v) is 2.38. The van der Waals surface area contributed by atoms with E-state index < -0.39 is 17.0 Å². The summed E-state index contributed by atoms with van der Waals surface area (Å²) in [6, 6.07) is 6.54. The Balaban J connectivity index is 0.000000293. The molecule has 14 heavy (non-hydrogen) atoms. The molecule has 2 rings (SSSR count). The summed E-state index contributed by atoms with van der Waals surface area (Å²) in [5.74, 6) is 0. The topological polar surface area (TPSA) is 0 Å². The Labute approximate surface area is 102 Å². The number of benzene rings is 1. The quantitative estimate of drug-likeness (QED) is 0.611. The van der Waals surface area contributed by atoms with E-state index in [1.165, 1.54) is 22.3 Å². The van der Waals surface area contributed by atoms with Crippen molar-refractivity contribution in [3.8, 4) is 0 Å². The second-order valence-electron chi connectivity index (χ2n) is 3.27. The summed E-state index contributed by atoms with van der Waals surface area (Å²) in [5.41, 5.74) is 5.82. The monoisotopic (exact) mass is 262 g/mol. The Morgan fingerprint density at radius 2 is 1.86 bits per heavy atom. The fourth-order valence-corrected chi connectivity index (χ4v) is 1.83. The molecule has 0 spiro atoms. The summed E-state index contributed by atoms with van der Waals surface area (Å²) in [4.78, 5) is 0. The van der Waals surface area contributed by atoms with Crippen molar-refractivity contribution in [1.29, 1.82) is 0 Å². The van der Waals surface area contributed by atoms with Gasteiger partial charge in [0.15, 0.2) is 0 Å². The number of rotatable bonds is 0. The van der Waals surface area contributed by atoms with Crippen LogP contribution in [0.5, 0.6) is 0 Å². The fraction of sp³-hybridized carbons (Fsp3) is 0.273. The van der Waals surface area contributed by atoms with Gasteiger partial charge < -0.3 is 0 Å². The van der Waals surface area contributed by atoms with E-state index in [9.17, 15) is 0 Å². The number of hydrogen-bond donors (Lipinski definition) is 0. The van der Waals surface area contributed by atoms with E-state index in [4.69, 9.17) is 18.6 Å². The van der Waals surface area contributed by atoms with Gasteiger partial charge in [0.2, 0.25) is 0 Å². The van der Waals surface area contributed by atoms with Crippen molar-refractivity contribution in [2.45, 2.75) is 20.3 Å². The summed E-state index contributed by atoms with van der Waals surface area (Å²) in [6.07, 6.45) is 3.43. The van der Waals surface area contributed by atoms with Crippen molar-refractivity contribution < 1.29 is 17.0 Å². The van der Waals surface area contributed by atoms with Gasteiger partial charge in [0, 0.05) is 0 Å². The van der Waals surface area contributed by atoms with Crippen molar-refractivity contribution >= 4 is 24.2 Å². The third kappa shape index (κ3) is 2.87. The van der Waals surface area contributed by atoms with Crippen LogP contribution in [-0.4, -0.2) is 0 Å². The standard InChI is InChI=1S/C11H12.2ClH.Ti/c1-8-4-3-5-10-7-6-9(2)11(8)10;;;/h3-6H,7H2,1-2H3;2*1H;/q;;;+2/p-2. The Morgan fingerprint density at radius 3 is 2.43 bits per heavy atom. The normalized spacial score (nSPS) is 12.4. The van der Waals surface area contributed by atoms with Gasteiger partial charge in [-0.25, -0.2) is 0 Å². The third-order valence-electron chi connectivity index (χ3n) is 2.38. The van der Waals surface area contributed by atoms with E-state index >= 15 is 0 Å². The zero-order valence-corrected chi connectivity index (χ0v) is 11.3. The molecule has 0 saturated heterocycles. The Hall–Kier alpha value is 0.254. The molecule has 0 aliphatic heterocycles. The Bertz CT molecular complexity index is 345. The Kier molecular flexibility index (Phi) is 5.26. The number of allylic oxidation sites excluding steroid dienone is 2. The molecule has 0 atom stereocenters. The first-order valence-corrected chi connectivity index (χ1v) is 8.72. The molecule has 0 radical (unpaired) electrons. The summed E-state index contributed by atoms with van der Waals surface area (Å²) in [6.45, 7) is 4.38. The van der Waals surface area contributed by atoms with Gasteiger partial charge in [-0.2, -0.15) is 0 Å². The van der Waals surface area contributed by atoms with Crippen molar-refractivity contribution in [2.24, 2.45) is 0 Å². The zero-order valence-electron chi connectivity index (χ0n) is 8.27. The van der Waals surface area contributed by atoms with E-state index in [2.05, 4.69) is 38.1 Å². The molecule has 3 heteroatoms. The van der Waals surface area contributed by atoms with Gasteiger partial charge in [0.25, 0.3) is 0 Å². The minimum absolute atomic E-state index is 0.556. The van der Waals surface area contributed by atoms with Gasteiger partial charge in [0.05, 0.1) is 0 Å². The molecule has 0 heterocycles. The van der Waals surface area contributed by atoms with Gasteiger partial charge in [-0.3, -0.25) is 0 Å². The van der Waals surface area contributed by atoms with Crippen LogP contribution in [0.4, 0.5) is 0 Å². The van der Waals surface area contributed by atoms with E-state index in [1.807, 2.05) is 0 Å². The van der Waals surface area contributed by atoms with Gasteiger partial charge in [-0.15, -0.1) is 0 Å². The van der Waals surface area contributed by atoms with Crippen molar-refractivity contribution in [3.05, 3.63) is 41.0 Å². The molecule has 0 nitrogen and oxygen atoms in total. The first-order valence-electron chi connectivity index (χ1n) is 4.42. The van der Waals surface area contributed by atoms with Crippen LogP contribution >= 0.6 is 18.6 Å². The zero-order chi connectivity index (χ0) is 10.6. The maximum atomic E-state index is 4.89. The van der Waals surface area contributed by atoms with E-state index in [1.54, 1.807) is 0 Å². The molecule has 1 aliphatic rings. The van der Waals surface area contributed by atoms with Gasteiger partial charge in [-0.1, -0.05) is 24.3 Å². The predicted molar refractivity (Wildman–Crippen MR) is 60.2 cm³/mol. The van der Waals surface area contributed by atoms with Crippen LogP contribution in [0, 0.1) is 6.92 Å². The second kappa shape index (κ2) is 5.97.